The summed E-state index contributed by atoms with van der Waals surface area (Å²) in [6, 6.07) is 17.5. The standard InChI is InChI=1S/C20H22O3/c1-5-16(19(21)22-4)17-13-9-10-14-18(17)23-20(2,3)15-11-7-6-8-12-15/h5-14H,1-4H3. The molecular weight excluding hydrogens is 288 g/mol. The van der Waals surface area contributed by atoms with Crippen LogP contribution in [-0.2, 0) is 15.1 Å². The number of esters is 1. The molecule has 0 spiro atoms. The largest absolute Gasteiger partial charge is 0.483 e. The molecule has 2 aromatic carbocycles. The summed E-state index contributed by atoms with van der Waals surface area (Å²) in [6.07, 6.45) is 1.74. The maximum absolute atomic E-state index is 12.0. The molecule has 2 rings (SSSR count). The van der Waals surface area contributed by atoms with Gasteiger partial charge in [-0.2, -0.15) is 0 Å². The first kappa shape index (κ1) is 16.8. The van der Waals surface area contributed by atoms with Gasteiger partial charge in [-0.3, -0.25) is 0 Å². The van der Waals surface area contributed by atoms with Gasteiger partial charge in [0.15, 0.2) is 0 Å². The Morgan fingerprint density at radius 2 is 1.61 bits per heavy atom. The molecule has 3 nitrogen and oxygen atoms in total. The van der Waals surface area contributed by atoms with Crippen LogP contribution in [0, 0.1) is 0 Å². The van der Waals surface area contributed by atoms with Crippen molar-refractivity contribution < 1.29 is 14.3 Å². The third-order valence-corrected chi connectivity index (χ3v) is 3.71. The molecular formula is C20H22O3. The number of methoxy groups -OCH3 is 1. The Morgan fingerprint density at radius 3 is 2.22 bits per heavy atom. The van der Waals surface area contributed by atoms with Crippen LogP contribution < -0.4 is 4.74 Å². The minimum Gasteiger partial charge on any atom is -0.483 e. The first-order valence-corrected chi connectivity index (χ1v) is 7.58. The van der Waals surface area contributed by atoms with E-state index in [0.29, 0.717) is 11.3 Å². The fraction of sp³-hybridized carbons (Fsp3) is 0.250. The fourth-order valence-corrected chi connectivity index (χ4v) is 2.44. The van der Waals surface area contributed by atoms with Crippen molar-refractivity contribution in [2.45, 2.75) is 26.4 Å². The van der Waals surface area contributed by atoms with E-state index in [1.54, 1.807) is 6.08 Å². The summed E-state index contributed by atoms with van der Waals surface area (Å²) in [5.41, 5.74) is 1.76. The van der Waals surface area contributed by atoms with E-state index in [2.05, 4.69) is 0 Å². The zero-order chi connectivity index (χ0) is 16.9. The van der Waals surface area contributed by atoms with Gasteiger partial charge in [0.1, 0.15) is 11.4 Å². The van der Waals surface area contributed by atoms with Gasteiger partial charge >= 0.3 is 5.97 Å². The van der Waals surface area contributed by atoms with Crippen molar-refractivity contribution in [2.75, 3.05) is 7.11 Å². The van der Waals surface area contributed by atoms with E-state index >= 15 is 0 Å². The average Bonchev–Trinajstić information content (AvgIpc) is 2.57. The molecule has 2 aromatic rings. The minimum absolute atomic E-state index is 0.374. The van der Waals surface area contributed by atoms with Gasteiger partial charge in [0, 0.05) is 5.56 Å². The van der Waals surface area contributed by atoms with E-state index in [-0.39, 0.29) is 5.97 Å². The number of hydrogen-bond acceptors (Lipinski definition) is 3. The van der Waals surface area contributed by atoms with Crippen molar-refractivity contribution in [1.82, 2.24) is 0 Å². The first-order chi connectivity index (χ1) is 11.0. The van der Waals surface area contributed by atoms with Crippen LogP contribution in [0.4, 0.5) is 0 Å². The normalized spacial score (nSPS) is 11.9. The van der Waals surface area contributed by atoms with Gasteiger partial charge in [0.2, 0.25) is 0 Å². The van der Waals surface area contributed by atoms with E-state index < -0.39 is 5.60 Å². The molecule has 0 atom stereocenters. The number of carbonyl (C=O) groups excluding carboxylic acids is 1. The van der Waals surface area contributed by atoms with Crippen LogP contribution >= 0.6 is 0 Å². The predicted molar refractivity (Wildman–Crippen MR) is 92.2 cm³/mol. The molecule has 0 N–H and O–H groups in total. The Labute approximate surface area is 137 Å². The van der Waals surface area contributed by atoms with E-state index in [9.17, 15) is 4.79 Å². The van der Waals surface area contributed by atoms with Crippen LogP contribution in [0.2, 0.25) is 0 Å². The summed E-state index contributed by atoms with van der Waals surface area (Å²) in [4.78, 5) is 12.0. The fourth-order valence-electron chi connectivity index (χ4n) is 2.44. The number of rotatable bonds is 5. The number of benzene rings is 2. The zero-order valence-electron chi connectivity index (χ0n) is 14.0. The molecule has 23 heavy (non-hydrogen) atoms. The molecule has 0 aromatic heterocycles. The highest BCUT2D eigenvalue weighted by Crippen LogP contribution is 2.33. The van der Waals surface area contributed by atoms with Crippen molar-refractivity contribution in [1.29, 1.82) is 0 Å². The lowest BCUT2D eigenvalue weighted by Gasteiger charge is -2.28. The number of hydrogen-bond donors (Lipinski definition) is 0. The van der Waals surface area contributed by atoms with E-state index in [1.165, 1.54) is 7.11 Å². The summed E-state index contributed by atoms with van der Waals surface area (Å²) >= 11 is 0. The van der Waals surface area contributed by atoms with Gasteiger partial charge in [-0.1, -0.05) is 54.6 Å². The summed E-state index contributed by atoms with van der Waals surface area (Å²) in [7, 11) is 1.38. The lowest BCUT2D eigenvalue weighted by molar-refractivity contribution is -0.133. The number of carbonyl (C=O) groups is 1. The zero-order valence-corrected chi connectivity index (χ0v) is 14.0. The Bertz CT molecular complexity index is 700. The Hall–Kier alpha value is -2.55. The van der Waals surface area contributed by atoms with Crippen molar-refractivity contribution in [3.8, 4) is 5.75 Å². The van der Waals surface area contributed by atoms with Crippen LogP contribution in [0.25, 0.3) is 5.57 Å². The van der Waals surface area contributed by atoms with Crippen LogP contribution in [0.5, 0.6) is 5.75 Å². The molecule has 0 heterocycles. The second-order valence-corrected chi connectivity index (χ2v) is 5.67. The van der Waals surface area contributed by atoms with Crippen molar-refractivity contribution >= 4 is 11.5 Å². The molecule has 3 heteroatoms. The second-order valence-electron chi connectivity index (χ2n) is 5.67. The average molecular weight is 310 g/mol. The van der Waals surface area contributed by atoms with Crippen molar-refractivity contribution in [3.63, 3.8) is 0 Å². The van der Waals surface area contributed by atoms with Gasteiger partial charge < -0.3 is 9.47 Å². The van der Waals surface area contributed by atoms with E-state index in [1.807, 2.05) is 75.4 Å². The summed E-state index contributed by atoms with van der Waals surface area (Å²) in [5.74, 6) is 0.279. The highest BCUT2D eigenvalue weighted by Gasteiger charge is 2.25. The Kier molecular flexibility index (Phi) is 5.22. The minimum atomic E-state index is -0.521. The maximum atomic E-state index is 12.0. The van der Waals surface area contributed by atoms with Crippen molar-refractivity contribution in [2.24, 2.45) is 0 Å². The highest BCUT2D eigenvalue weighted by atomic mass is 16.5. The third kappa shape index (κ3) is 3.81. The van der Waals surface area contributed by atoms with Crippen LogP contribution in [0.3, 0.4) is 0 Å². The van der Waals surface area contributed by atoms with Gasteiger partial charge in [-0.05, 0) is 32.4 Å². The van der Waals surface area contributed by atoms with Gasteiger partial charge in [0.25, 0.3) is 0 Å². The summed E-state index contributed by atoms with van der Waals surface area (Å²) < 4.78 is 11.1. The van der Waals surface area contributed by atoms with E-state index in [4.69, 9.17) is 9.47 Å². The quantitative estimate of drug-likeness (QED) is 0.599. The van der Waals surface area contributed by atoms with E-state index in [0.717, 1.165) is 11.1 Å². The summed E-state index contributed by atoms with van der Waals surface area (Å²) in [6.45, 7) is 5.82. The number of para-hydroxylation sites is 1. The molecule has 0 amide bonds. The smallest absolute Gasteiger partial charge is 0.338 e. The maximum Gasteiger partial charge on any atom is 0.338 e. The molecule has 0 saturated heterocycles. The topological polar surface area (TPSA) is 35.5 Å². The molecule has 0 fully saturated rings. The molecule has 0 unspecified atom stereocenters. The Balaban J connectivity index is 2.40. The van der Waals surface area contributed by atoms with Gasteiger partial charge in [-0.15, -0.1) is 0 Å². The first-order valence-electron chi connectivity index (χ1n) is 7.58. The molecule has 0 radical (unpaired) electrons. The summed E-state index contributed by atoms with van der Waals surface area (Å²) in [5, 5.41) is 0. The molecule has 0 aliphatic carbocycles. The third-order valence-electron chi connectivity index (χ3n) is 3.71. The SMILES string of the molecule is CC=C(C(=O)OC)c1ccccc1OC(C)(C)c1ccccc1. The highest BCUT2D eigenvalue weighted by molar-refractivity contribution is 6.17. The van der Waals surface area contributed by atoms with Crippen LogP contribution in [0.1, 0.15) is 31.9 Å². The molecule has 0 aliphatic heterocycles. The lowest BCUT2D eigenvalue weighted by atomic mass is 9.97. The van der Waals surface area contributed by atoms with Gasteiger partial charge in [-0.25, -0.2) is 4.79 Å². The Morgan fingerprint density at radius 1 is 1.00 bits per heavy atom. The van der Waals surface area contributed by atoms with Crippen LogP contribution in [0.15, 0.2) is 60.7 Å². The predicted octanol–water partition coefficient (Wildman–Crippen LogP) is 4.58. The molecule has 0 aliphatic rings. The number of allylic oxidation sites excluding steroid dienone is 1. The molecule has 0 saturated carbocycles. The van der Waals surface area contributed by atoms with Gasteiger partial charge in [0.05, 0.1) is 12.7 Å². The lowest BCUT2D eigenvalue weighted by Crippen LogP contribution is -2.25. The second kappa shape index (κ2) is 7.14. The number of ether oxygens (including phenoxy) is 2. The molecule has 120 valence electrons. The monoisotopic (exact) mass is 310 g/mol. The van der Waals surface area contributed by atoms with Crippen LogP contribution in [-0.4, -0.2) is 13.1 Å². The van der Waals surface area contributed by atoms with Crippen molar-refractivity contribution in [3.05, 3.63) is 71.8 Å². The molecule has 0 bridgehead atoms.